The van der Waals surface area contributed by atoms with Crippen molar-refractivity contribution in [2.75, 3.05) is 4.90 Å². The van der Waals surface area contributed by atoms with Gasteiger partial charge in [0.1, 0.15) is 6.61 Å². The number of anilines is 2. The van der Waals surface area contributed by atoms with Gasteiger partial charge in [0.2, 0.25) is 5.91 Å². The van der Waals surface area contributed by atoms with Gasteiger partial charge in [-0.1, -0.05) is 35.4 Å². The number of carbonyl (C=O) groups excluding carboxylic acids is 2. The summed E-state index contributed by atoms with van der Waals surface area (Å²) in [6.45, 7) is 7.51. The Labute approximate surface area is 178 Å². The Hall–Kier alpha value is -2.70. The first kappa shape index (κ1) is 21.0. The fourth-order valence-electron chi connectivity index (χ4n) is 3.22. The van der Waals surface area contributed by atoms with Gasteiger partial charge in [-0.25, -0.2) is 9.78 Å². The maximum absolute atomic E-state index is 12.4. The van der Waals surface area contributed by atoms with Crippen molar-refractivity contribution < 1.29 is 14.3 Å². The van der Waals surface area contributed by atoms with Gasteiger partial charge in [-0.15, -0.1) is 11.3 Å². The Balaban J connectivity index is 1.80. The van der Waals surface area contributed by atoms with E-state index in [-0.39, 0.29) is 12.5 Å². The number of halogens is 1. The first-order valence-electron chi connectivity index (χ1n) is 9.02. The number of carbonyl (C=O) groups is 2. The minimum Gasteiger partial charge on any atom is -0.456 e. The molecule has 3 aromatic rings. The smallest absolute Gasteiger partial charge is 0.338 e. The van der Waals surface area contributed by atoms with Crippen molar-refractivity contribution in [1.29, 1.82) is 0 Å². The Morgan fingerprint density at radius 3 is 2.45 bits per heavy atom. The Bertz CT molecular complexity index is 1050. The van der Waals surface area contributed by atoms with E-state index in [2.05, 4.69) is 4.98 Å². The first-order chi connectivity index (χ1) is 13.8. The monoisotopic (exact) mass is 428 g/mol. The molecule has 150 valence electrons. The molecule has 0 bridgehead atoms. The number of benzene rings is 2. The van der Waals surface area contributed by atoms with Crippen LogP contribution in [-0.4, -0.2) is 16.9 Å². The highest BCUT2D eigenvalue weighted by Gasteiger charge is 2.22. The van der Waals surface area contributed by atoms with E-state index >= 15 is 0 Å². The molecule has 1 heterocycles. The lowest BCUT2D eigenvalue weighted by molar-refractivity contribution is -0.115. The molecule has 7 heteroatoms. The Kier molecular flexibility index (Phi) is 6.35. The van der Waals surface area contributed by atoms with Crippen LogP contribution in [0, 0.1) is 20.8 Å². The van der Waals surface area contributed by atoms with Crippen LogP contribution in [0.4, 0.5) is 10.8 Å². The van der Waals surface area contributed by atoms with E-state index in [4.69, 9.17) is 16.3 Å². The number of hydrogen-bond donors (Lipinski definition) is 0. The van der Waals surface area contributed by atoms with E-state index in [1.807, 2.05) is 32.9 Å². The summed E-state index contributed by atoms with van der Waals surface area (Å²) in [5.41, 5.74) is 4.93. The third kappa shape index (κ3) is 4.83. The number of nitrogens with zero attached hydrogens (tertiary/aromatic N) is 2. The van der Waals surface area contributed by atoms with Crippen molar-refractivity contribution in [3.05, 3.63) is 74.7 Å². The number of aromatic nitrogens is 1. The summed E-state index contributed by atoms with van der Waals surface area (Å²) in [6, 6.07) is 10.7. The summed E-state index contributed by atoms with van der Waals surface area (Å²) < 4.78 is 5.33. The molecule has 0 aliphatic rings. The van der Waals surface area contributed by atoms with Gasteiger partial charge in [-0.3, -0.25) is 9.69 Å². The largest absolute Gasteiger partial charge is 0.456 e. The van der Waals surface area contributed by atoms with Crippen molar-refractivity contribution in [2.24, 2.45) is 0 Å². The second-order valence-electron chi connectivity index (χ2n) is 6.81. The van der Waals surface area contributed by atoms with Gasteiger partial charge >= 0.3 is 5.97 Å². The predicted molar refractivity (Wildman–Crippen MR) is 116 cm³/mol. The number of thiazole rings is 1. The zero-order valence-electron chi connectivity index (χ0n) is 16.7. The van der Waals surface area contributed by atoms with Gasteiger partial charge in [0.05, 0.1) is 16.9 Å². The fourth-order valence-corrected chi connectivity index (χ4v) is 4.26. The van der Waals surface area contributed by atoms with Crippen LogP contribution in [0.5, 0.6) is 0 Å². The average Bonchev–Trinajstić information content (AvgIpc) is 3.10. The van der Waals surface area contributed by atoms with Gasteiger partial charge < -0.3 is 4.74 Å². The lowest BCUT2D eigenvalue weighted by Gasteiger charge is -2.23. The van der Waals surface area contributed by atoms with Crippen LogP contribution in [0.25, 0.3) is 0 Å². The molecule has 0 radical (unpaired) electrons. The summed E-state index contributed by atoms with van der Waals surface area (Å²) in [6.07, 6.45) is 0. The minimum absolute atomic E-state index is 0.0133. The Morgan fingerprint density at radius 1 is 1.14 bits per heavy atom. The molecule has 0 unspecified atom stereocenters. The molecule has 5 nitrogen and oxygen atoms in total. The first-order valence-corrected chi connectivity index (χ1v) is 10.3. The van der Waals surface area contributed by atoms with Crippen LogP contribution < -0.4 is 4.90 Å². The number of hydrogen-bond acceptors (Lipinski definition) is 5. The molecule has 0 saturated carbocycles. The lowest BCUT2D eigenvalue weighted by atomic mass is 10.0. The molecule has 2 aromatic carbocycles. The van der Waals surface area contributed by atoms with Crippen molar-refractivity contribution in [3.63, 3.8) is 0 Å². The molecule has 3 rings (SSSR count). The molecule has 0 aliphatic heterocycles. The third-order valence-corrected chi connectivity index (χ3v) is 5.43. The summed E-state index contributed by atoms with van der Waals surface area (Å²) in [5, 5.41) is 2.80. The van der Waals surface area contributed by atoms with Crippen molar-refractivity contribution in [1.82, 2.24) is 4.98 Å². The van der Waals surface area contributed by atoms with Gasteiger partial charge in [0, 0.05) is 17.3 Å². The van der Waals surface area contributed by atoms with Crippen LogP contribution in [0.1, 0.15) is 39.7 Å². The second kappa shape index (κ2) is 8.76. The van der Waals surface area contributed by atoms with Gasteiger partial charge in [-0.2, -0.15) is 0 Å². The summed E-state index contributed by atoms with van der Waals surface area (Å²) in [4.78, 5) is 30.7. The van der Waals surface area contributed by atoms with Gasteiger partial charge in [0.15, 0.2) is 5.13 Å². The van der Waals surface area contributed by atoms with E-state index in [9.17, 15) is 9.59 Å². The molecule has 0 aliphatic carbocycles. The second-order valence-corrected chi connectivity index (χ2v) is 8.08. The van der Waals surface area contributed by atoms with E-state index in [1.165, 1.54) is 18.3 Å². The number of ether oxygens (including phenoxy) is 1. The van der Waals surface area contributed by atoms with E-state index < -0.39 is 5.97 Å². The SMILES string of the molecule is CC(=O)N(c1nc(COC(=O)c2cccc(Cl)c2)cs1)c1c(C)cc(C)cc1C. The highest BCUT2D eigenvalue weighted by molar-refractivity contribution is 7.14. The summed E-state index contributed by atoms with van der Waals surface area (Å²) in [5.74, 6) is -0.604. The zero-order chi connectivity index (χ0) is 21.1. The summed E-state index contributed by atoms with van der Waals surface area (Å²) >= 11 is 7.25. The maximum atomic E-state index is 12.4. The molecular weight excluding hydrogens is 408 g/mol. The number of aryl methyl sites for hydroxylation is 3. The average molecular weight is 429 g/mol. The van der Waals surface area contributed by atoms with Crippen molar-refractivity contribution in [3.8, 4) is 0 Å². The van der Waals surface area contributed by atoms with Crippen LogP contribution >= 0.6 is 22.9 Å². The zero-order valence-corrected chi connectivity index (χ0v) is 18.2. The quantitative estimate of drug-likeness (QED) is 0.484. The number of rotatable bonds is 5. The van der Waals surface area contributed by atoms with Crippen LogP contribution in [-0.2, 0) is 16.1 Å². The molecule has 0 saturated heterocycles. The molecule has 29 heavy (non-hydrogen) atoms. The van der Waals surface area contributed by atoms with E-state index in [0.717, 1.165) is 22.4 Å². The van der Waals surface area contributed by atoms with Gasteiger partial charge in [0.25, 0.3) is 0 Å². The third-order valence-electron chi connectivity index (χ3n) is 4.32. The maximum Gasteiger partial charge on any atom is 0.338 e. The van der Waals surface area contributed by atoms with E-state index in [1.54, 1.807) is 34.5 Å². The standard InChI is InChI=1S/C22H21ClN2O3S/c1-13-8-14(2)20(15(3)9-13)25(16(4)26)22-24-19(12-29-22)11-28-21(27)17-6-5-7-18(23)10-17/h5-10,12H,11H2,1-4H3. The molecule has 0 fully saturated rings. The molecule has 1 aromatic heterocycles. The predicted octanol–water partition coefficient (Wildman–Crippen LogP) is 5.76. The molecule has 0 N–H and O–H groups in total. The number of amides is 1. The van der Waals surface area contributed by atoms with Crippen molar-refractivity contribution >= 4 is 45.6 Å². The molecule has 1 amide bonds. The summed E-state index contributed by atoms with van der Waals surface area (Å²) in [7, 11) is 0. The molecular formula is C22H21ClN2O3S. The molecule has 0 spiro atoms. The van der Waals surface area contributed by atoms with Gasteiger partial charge in [-0.05, 0) is 50.1 Å². The van der Waals surface area contributed by atoms with Crippen LogP contribution in [0.15, 0.2) is 41.8 Å². The van der Waals surface area contributed by atoms with Crippen molar-refractivity contribution in [2.45, 2.75) is 34.3 Å². The number of esters is 1. The fraction of sp³-hybridized carbons (Fsp3) is 0.227. The lowest BCUT2D eigenvalue weighted by Crippen LogP contribution is -2.24. The highest BCUT2D eigenvalue weighted by atomic mass is 35.5. The Morgan fingerprint density at radius 2 is 1.83 bits per heavy atom. The van der Waals surface area contributed by atoms with E-state index in [0.29, 0.717) is 21.4 Å². The molecule has 0 atom stereocenters. The minimum atomic E-state index is -0.476. The topological polar surface area (TPSA) is 59.5 Å². The highest BCUT2D eigenvalue weighted by Crippen LogP contribution is 2.34. The van der Waals surface area contributed by atoms with Crippen LogP contribution in [0.2, 0.25) is 5.02 Å². The normalized spacial score (nSPS) is 10.7. The van der Waals surface area contributed by atoms with Crippen LogP contribution in [0.3, 0.4) is 0 Å².